The first-order valence-corrected chi connectivity index (χ1v) is 14.1. The molecule has 1 amide bonds. The second-order valence-corrected chi connectivity index (χ2v) is 10.2. The molecule has 1 saturated heterocycles. The molecule has 8 heteroatoms. The molecule has 1 aliphatic heterocycles. The molecular weight excluding hydrogens is 518 g/mol. The van der Waals surface area contributed by atoms with Gasteiger partial charge in [-0.25, -0.2) is 9.98 Å². The minimum atomic E-state index is -0.165. The van der Waals surface area contributed by atoms with Gasteiger partial charge in [-0.15, -0.1) is 0 Å². The number of pyridine rings is 1. The van der Waals surface area contributed by atoms with Crippen LogP contribution in [0.4, 0.5) is 11.4 Å². The van der Waals surface area contributed by atoms with Crippen molar-refractivity contribution in [3.63, 3.8) is 0 Å². The number of benzene rings is 2. The maximum atomic E-state index is 13.5. The number of para-hydroxylation sites is 1. The van der Waals surface area contributed by atoms with Crippen LogP contribution in [-0.4, -0.2) is 29.8 Å². The van der Waals surface area contributed by atoms with Crippen LogP contribution in [0.25, 0.3) is 6.08 Å². The van der Waals surface area contributed by atoms with Gasteiger partial charge in [-0.05, 0) is 66.2 Å². The van der Waals surface area contributed by atoms with Gasteiger partial charge in [0, 0.05) is 6.20 Å². The third-order valence-electron chi connectivity index (χ3n) is 6.02. The molecule has 0 bridgehead atoms. The highest BCUT2D eigenvalue weighted by molar-refractivity contribution is 8.19. The predicted octanol–water partition coefficient (Wildman–Crippen LogP) is 8.29. The lowest BCUT2D eigenvalue weighted by atomic mass is 10.1. The predicted molar refractivity (Wildman–Crippen MR) is 158 cm³/mol. The van der Waals surface area contributed by atoms with Crippen molar-refractivity contribution >= 4 is 51.9 Å². The largest absolute Gasteiger partial charge is 0.493 e. The lowest BCUT2D eigenvalue weighted by Crippen LogP contribution is -2.28. The number of hydrogen-bond acceptors (Lipinski definition) is 6. The van der Waals surface area contributed by atoms with Gasteiger partial charge in [0.05, 0.1) is 24.3 Å². The van der Waals surface area contributed by atoms with E-state index in [0.717, 1.165) is 24.1 Å². The molecule has 0 unspecified atom stereocenters. The van der Waals surface area contributed by atoms with E-state index in [2.05, 4.69) is 16.9 Å². The second kappa shape index (κ2) is 14.0. The Morgan fingerprint density at radius 2 is 1.79 bits per heavy atom. The van der Waals surface area contributed by atoms with Crippen LogP contribution in [0, 0.1) is 0 Å². The number of thioether (sulfide) groups is 1. The summed E-state index contributed by atoms with van der Waals surface area (Å²) in [6.07, 6.45) is 10.7. The molecule has 6 nitrogen and oxygen atoms in total. The minimum absolute atomic E-state index is 0.165. The Kier molecular flexibility index (Phi) is 10.2. The first-order valence-electron chi connectivity index (χ1n) is 12.9. The number of halogens is 1. The van der Waals surface area contributed by atoms with Crippen LogP contribution in [0.1, 0.15) is 51.0 Å². The summed E-state index contributed by atoms with van der Waals surface area (Å²) in [5.41, 5.74) is 2.06. The third-order valence-corrected chi connectivity index (χ3v) is 7.28. The molecule has 0 spiro atoms. The number of aliphatic imine (C=N–C) groups is 1. The lowest BCUT2D eigenvalue weighted by molar-refractivity contribution is -0.113. The van der Waals surface area contributed by atoms with Gasteiger partial charge in [0.1, 0.15) is 5.69 Å². The number of aromatic nitrogens is 1. The van der Waals surface area contributed by atoms with Crippen LogP contribution in [0.5, 0.6) is 11.5 Å². The number of amides is 1. The van der Waals surface area contributed by atoms with E-state index in [9.17, 15) is 4.79 Å². The van der Waals surface area contributed by atoms with Gasteiger partial charge in [-0.2, -0.15) is 0 Å². The summed E-state index contributed by atoms with van der Waals surface area (Å²) in [7, 11) is 1.62. The van der Waals surface area contributed by atoms with Crippen molar-refractivity contribution in [2.45, 2.75) is 45.4 Å². The topological polar surface area (TPSA) is 64.0 Å². The number of methoxy groups -OCH3 is 1. The molecule has 2 heterocycles. The first kappa shape index (κ1) is 27.7. The Hall–Kier alpha value is -3.29. The van der Waals surface area contributed by atoms with Crippen molar-refractivity contribution < 1.29 is 14.3 Å². The fourth-order valence-corrected chi connectivity index (χ4v) is 5.18. The molecular formula is C30H32ClN3O3S. The molecule has 38 heavy (non-hydrogen) atoms. The van der Waals surface area contributed by atoms with Crippen molar-refractivity contribution in [3.8, 4) is 11.5 Å². The minimum Gasteiger partial charge on any atom is -0.493 e. The van der Waals surface area contributed by atoms with Crippen molar-refractivity contribution in [1.29, 1.82) is 0 Å². The zero-order valence-electron chi connectivity index (χ0n) is 21.7. The van der Waals surface area contributed by atoms with Crippen molar-refractivity contribution in [3.05, 3.63) is 82.5 Å². The molecule has 0 radical (unpaired) electrons. The van der Waals surface area contributed by atoms with Crippen LogP contribution in [0.15, 0.2) is 76.8 Å². The lowest BCUT2D eigenvalue weighted by Gasteiger charge is -2.15. The van der Waals surface area contributed by atoms with E-state index in [1.54, 1.807) is 30.3 Å². The summed E-state index contributed by atoms with van der Waals surface area (Å²) in [5.74, 6) is 1.17. The number of ether oxygens (including phenoxy) is 2. The Morgan fingerprint density at radius 1 is 1.00 bits per heavy atom. The Labute approximate surface area is 233 Å². The van der Waals surface area contributed by atoms with Crippen molar-refractivity contribution in [2.75, 3.05) is 18.6 Å². The fourth-order valence-electron chi connectivity index (χ4n) is 4.03. The summed E-state index contributed by atoms with van der Waals surface area (Å²) in [5, 5.41) is 0.785. The van der Waals surface area contributed by atoms with Gasteiger partial charge in [-0.1, -0.05) is 74.9 Å². The summed E-state index contributed by atoms with van der Waals surface area (Å²) in [6.45, 7) is 2.88. The van der Waals surface area contributed by atoms with E-state index in [-0.39, 0.29) is 11.1 Å². The van der Waals surface area contributed by atoms with E-state index >= 15 is 0 Å². The molecule has 4 rings (SSSR count). The zero-order valence-corrected chi connectivity index (χ0v) is 23.3. The van der Waals surface area contributed by atoms with E-state index in [1.165, 1.54) is 37.4 Å². The number of unbranched alkanes of at least 4 members (excludes halogenated alkanes) is 5. The van der Waals surface area contributed by atoms with Gasteiger partial charge in [0.25, 0.3) is 5.91 Å². The number of nitrogens with zero attached hydrogens (tertiary/aromatic N) is 3. The van der Waals surface area contributed by atoms with Crippen LogP contribution in [0.2, 0.25) is 5.15 Å². The van der Waals surface area contributed by atoms with E-state index < -0.39 is 0 Å². The van der Waals surface area contributed by atoms with Crippen LogP contribution in [0.3, 0.4) is 0 Å². The monoisotopic (exact) mass is 549 g/mol. The summed E-state index contributed by atoms with van der Waals surface area (Å²) < 4.78 is 11.6. The molecule has 1 fully saturated rings. The van der Waals surface area contributed by atoms with Crippen LogP contribution in [-0.2, 0) is 4.79 Å². The molecule has 0 saturated carbocycles. The number of amidine groups is 1. The standard InChI is InChI=1S/C30H32ClN3O3S/c1-3-4-5-6-7-11-19-37-25-17-16-22(20-26(25)36-2)21-27-29(35)34(23-13-9-8-10-14-23)30(38-27)33-24-15-12-18-32-28(24)31/h8-10,12-18,20-21H,3-7,11,19H2,1-2H3/b27-21-,33-30?. The maximum Gasteiger partial charge on any atom is 0.271 e. The second-order valence-electron chi connectivity index (χ2n) is 8.82. The molecule has 198 valence electrons. The van der Waals surface area contributed by atoms with Gasteiger partial charge in [-0.3, -0.25) is 9.69 Å². The summed E-state index contributed by atoms with van der Waals surface area (Å²) in [4.78, 5) is 24.4. The molecule has 0 aliphatic carbocycles. The highest BCUT2D eigenvalue weighted by Crippen LogP contribution is 2.39. The number of anilines is 1. The smallest absolute Gasteiger partial charge is 0.271 e. The molecule has 3 aromatic rings. The Bertz CT molecular complexity index is 1300. The summed E-state index contributed by atoms with van der Waals surface area (Å²) >= 11 is 7.54. The van der Waals surface area contributed by atoms with Gasteiger partial charge in [0.15, 0.2) is 21.8 Å². The van der Waals surface area contributed by atoms with E-state index in [1.807, 2.05) is 54.6 Å². The molecule has 2 aromatic carbocycles. The van der Waals surface area contributed by atoms with E-state index in [4.69, 9.17) is 21.1 Å². The Balaban J connectivity index is 1.53. The highest BCUT2D eigenvalue weighted by atomic mass is 35.5. The quantitative estimate of drug-likeness (QED) is 0.129. The summed E-state index contributed by atoms with van der Waals surface area (Å²) in [6, 6.07) is 18.7. The van der Waals surface area contributed by atoms with Gasteiger partial charge in [0.2, 0.25) is 0 Å². The van der Waals surface area contributed by atoms with Crippen molar-refractivity contribution in [2.24, 2.45) is 4.99 Å². The number of carbonyl (C=O) groups is 1. The first-order chi connectivity index (χ1) is 18.6. The maximum absolute atomic E-state index is 13.5. The molecule has 1 aliphatic rings. The Morgan fingerprint density at radius 3 is 2.55 bits per heavy atom. The van der Waals surface area contributed by atoms with Crippen LogP contribution < -0.4 is 14.4 Å². The average molecular weight is 550 g/mol. The van der Waals surface area contributed by atoms with Crippen LogP contribution >= 0.6 is 23.4 Å². The zero-order chi connectivity index (χ0) is 26.7. The molecule has 1 aromatic heterocycles. The molecule has 0 N–H and O–H groups in total. The normalized spacial score (nSPS) is 15.4. The molecule has 0 atom stereocenters. The number of rotatable bonds is 12. The SMILES string of the molecule is CCCCCCCCOc1ccc(/C=C2\SC(=Nc3cccnc3Cl)N(c3ccccc3)C2=O)cc1OC. The van der Waals surface area contributed by atoms with Gasteiger partial charge < -0.3 is 9.47 Å². The van der Waals surface area contributed by atoms with E-state index in [0.29, 0.717) is 33.9 Å². The fraction of sp³-hybridized carbons (Fsp3) is 0.300. The third kappa shape index (κ3) is 7.17. The average Bonchev–Trinajstić information content (AvgIpc) is 3.24. The van der Waals surface area contributed by atoms with Crippen molar-refractivity contribution in [1.82, 2.24) is 4.98 Å². The van der Waals surface area contributed by atoms with Gasteiger partial charge >= 0.3 is 0 Å². The number of carbonyl (C=O) groups excluding carboxylic acids is 1. The number of hydrogen-bond donors (Lipinski definition) is 0. The highest BCUT2D eigenvalue weighted by Gasteiger charge is 2.35.